The Bertz CT molecular complexity index is 506. The minimum atomic E-state index is -0.346. The van der Waals surface area contributed by atoms with Crippen LogP contribution in [-0.4, -0.2) is 35.8 Å². The summed E-state index contributed by atoms with van der Waals surface area (Å²) in [5.74, 6) is -0.396. The lowest BCUT2D eigenvalue weighted by atomic mass is 10.0. The lowest BCUT2D eigenvalue weighted by Gasteiger charge is -2.32. The van der Waals surface area contributed by atoms with Crippen LogP contribution in [0.15, 0.2) is 24.3 Å². The molecule has 2 amide bonds. The zero-order chi connectivity index (χ0) is 15.4. The molecule has 5 heteroatoms. The SMILES string of the molecule is CC(C)C(=O)NC1CCN(C(=O)c2ccc(F)cc2)CC1. The molecule has 1 aromatic carbocycles. The predicted octanol–water partition coefficient (Wildman–Crippen LogP) is 2.20. The third-order valence-electron chi connectivity index (χ3n) is 3.74. The molecule has 21 heavy (non-hydrogen) atoms. The van der Waals surface area contributed by atoms with Crippen molar-refractivity contribution in [1.29, 1.82) is 0 Å². The fourth-order valence-electron chi connectivity index (χ4n) is 2.37. The molecule has 1 saturated heterocycles. The van der Waals surface area contributed by atoms with Crippen molar-refractivity contribution in [2.45, 2.75) is 32.7 Å². The van der Waals surface area contributed by atoms with Crippen LogP contribution in [0.4, 0.5) is 4.39 Å². The van der Waals surface area contributed by atoms with Crippen LogP contribution < -0.4 is 5.32 Å². The van der Waals surface area contributed by atoms with Gasteiger partial charge in [-0.05, 0) is 37.1 Å². The van der Waals surface area contributed by atoms with Crippen molar-refractivity contribution in [2.24, 2.45) is 5.92 Å². The van der Waals surface area contributed by atoms with Crippen LogP contribution in [0.2, 0.25) is 0 Å². The van der Waals surface area contributed by atoms with Crippen molar-refractivity contribution in [3.63, 3.8) is 0 Å². The highest BCUT2D eigenvalue weighted by molar-refractivity contribution is 5.94. The number of carbonyl (C=O) groups excluding carboxylic acids is 2. The summed E-state index contributed by atoms with van der Waals surface area (Å²) in [7, 11) is 0. The second-order valence-electron chi connectivity index (χ2n) is 5.74. The van der Waals surface area contributed by atoms with E-state index < -0.39 is 0 Å². The van der Waals surface area contributed by atoms with E-state index >= 15 is 0 Å². The number of nitrogens with zero attached hydrogens (tertiary/aromatic N) is 1. The van der Waals surface area contributed by atoms with Gasteiger partial charge in [-0.25, -0.2) is 4.39 Å². The number of rotatable bonds is 3. The van der Waals surface area contributed by atoms with Gasteiger partial charge < -0.3 is 10.2 Å². The highest BCUT2D eigenvalue weighted by Gasteiger charge is 2.25. The molecule has 1 heterocycles. The van der Waals surface area contributed by atoms with Gasteiger partial charge in [-0.1, -0.05) is 13.8 Å². The predicted molar refractivity (Wildman–Crippen MR) is 78.3 cm³/mol. The third-order valence-corrected chi connectivity index (χ3v) is 3.74. The molecule has 0 bridgehead atoms. The van der Waals surface area contributed by atoms with Crippen molar-refractivity contribution < 1.29 is 14.0 Å². The minimum absolute atomic E-state index is 0.0242. The summed E-state index contributed by atoms with van der Waals surface area (Å²) >= 11 is 0. The molecule has 1 aliphatic heterocycles. The summed E-state index contributed by atoms with van der Waals surface area (Å²) in [6.07, 6.45) is 1.51. The van der Waals surface area contributed by atoms with Gasteiger partial charge in [0.05, 0.1) is 0 Å². The van der Waals surface area contributed by atoms with Gasteiger partial charge in [-0.3, -0.25) is 9.59 Å². The summed E-state index contributed by atoms with van der Waals surface area (Å²) in [6.45, 7) is 4.95. The molecule has 114 valence electrons. The Morgan fingerprint density at radius 3 is 2.29 bits per heavy atom. The number of benzene rings is 1. The Hall–Kier alpha value is -1.91. The molecular formula is C16H21FN2O2. The average molecular weight is 292 g/mol. The minimum Gasteiger partial charge on any atom is -0.353 e. The molecular weight excluding hydrogens is 271 g/mol. The van der Waals surface area contributed by atoms with Crippen LogP contribution in [0.5, 0.6) is 0 Å². The number of hydrogen-bond acceptors (Lipinski definition) is 2. The van der Waals surface area contributed by atoms with Gasteiger partial charge in [-0.15, -0.1) is 0 Å². The maximum Gasteiger partial charge on any atom is 0.253 e. The standard InChI is InChI=1S/C16H21FN2O2/c1-11(2)15(20)18-14-7-9-19(10-8-14)16(21)12-3-5-13(17)6-4-12/h3-6,11,14H,7-10H2,1-2H3,(H,18,20). The molecule has 1 aliphatic rings. The Balaban J connectivity index is 1.87. The first-order valence-corrected chi connectivity index (χ1v) is 7.32. The van der Waals surface area contributed by atoms with Gasteiger partial charge in [0, 0.05) is 30.6 Å². The molecule has 0 aliphatic carbocycles. The number of halogens is 1. The van der Waals surface area contributed by atoms with E-state index in [0.717, 1.165) is 12.8 Å². The van der Waals surface area contributed by atoms with Crippen molar-refractivity contribution in [3.8, 4) is 0 Å². The maximum absolute atomic E-state index is 12.9. The molecule has 0 radical (unpaired) electrons. The van der Waals surface area contributed by atoms with Crippen LogP contribution in [-0.2, 0) is 4.79 Å². The molecule has 0 atom stereocenters. The van der Waals surface area contributed by atoms with E-state index in [0.29, 0.717) is 18.7 Å². The second-order valence-corrected chi connectivity index (χ2v) is 5.74. The zero-order valence-corrected chi connectivity index (χ0v) is 12.4. The highest BCUT2D eigenvalue weighted by atomic mass is 19.1. The van der Waals surface area contributed by atoms with Crippen LogP contribution >= 0.6 is 0 Å². The van der Waals surface area contributed by atoms with E-state index in [1.165, 1.54) is 24.3 Å². The van der Waals surface area contributed by atoms with Crippen molar-refractivity contribution in [2.75, 3.05) is 13.1 Å². The molecule has 4 nitrogen and oxygen atoms in total. The zero-order valence-electron chi connectivity index (χ0n) is 12.4. The Morgan fingerprint density at radius 2 is 1.76 bits per heavy atom. The van der Waals surface area contributed by atoms with Gasteiger partial charge in [0.15, 0.2) is 0 Å². The smallest absolute Gasteiger partial charge is 0.253 e. The van der Waals surface area contributed by atoms with E-state index in [9.17, 15) is 14.0 Å². The fourth-order valence-corrected chi connectivity index (χ4v) is 2.37. The Labute approximate surface area is 124 Å². The molecule has 1 fully saturated rings. The van der Waals surface area contributed by atoms with Gasteiger partial charge in [0.2, 0.25) is 5.91 Å². The second kappa shape index (κ2) is 6.70. The Kier molecular flexibility index (Phi) is 4.94. The third kappa shape index (κ3) is 4.03. The van der Waals surface area contributed by atoms with Crippen molar-refractivity contribution >= 4 is 11.8 Å². The lowest BCUT2D eigenvalue weighted by Crippen LogP contribution is -2.47. The van der Waals surface area contributed by atoms with Crippen LogP contribution in [0, 0.1) is 11.7 Å². The molecule has 1 N–H and O–H groups in total. The first kappa shape index (κ1) is 15.5. The van der Waals surface area contributed by atoms with Crippen molar-refractivity contribution in [3.05, 3.63) is 35.6 Å². The number of hydrogen-bond donors (Lipinski definition) is 1. The fraction of sp³-hybridized carbons (Fsp3) is 0.500. The quantitative estimate of drug-likeness (QED) is 0.928. The topological polar surface area (TPSA) is 49.4 Å². The number of amides is 2. The van der Waals surface area contributed by atoms with Gasteiger partial charge in [-0.2, -0.15) is 0 Å². The van der Waals surface area contributed by atoms with E-state index in [4.69, 9.17) is 0 Å². The van der Waals surface area contributed by atoms with E-state index in [1.807, 2.05) is 13.8 Å². The maximum atomic E-state index is 12.9. The monoisotopic (exact) mass is 292 g/mol. The van der Waals surface area contributed by atoms with Crippen LogP contribution in [0.3, 0.4) is 0 Å². The molecule has 0 unspecified atom stereocenters. The number of likely N-dealkylation sites (tertiary alicyclic amines) is 1. The van der Waals surface area contributed by atoms with Gasteiger partial charge in [0.1, 0.15) is 5.82 Å². The Morgan fingerprint density at radius 1 is 1.19 bits per heavy atom. The van der Waals surface area contributed by atoms with Crippen LogP contribution in [0.1, 0.15) is 37.0 Å². The average Bonchev–Trinajstić information content (AvgIpc) is 2.48. The largest absolute Gasteiger partial charge is 0.353 e. The number of carbonyl (C=O) groups is 2. The van der Waals surface area contributed by atoms with Crippen molar-refractivity contribution in [1.82, 2.24) is 10.2 Å². The lowest BCUT2D eigenvalue weighted by molar-refractivity contribution is -0.124. The molecule has 0 saturated carbocycles. The summed E-state index contributed by atoms with van der Waals surface area (Å²) < 4.78 is 12.9. The van der Waals surface area contributed by atoms with E-state index in [1.54, 1.807) is 4.90 Å². The normalized spacial score (nSPS) is 16.1. The van der Waals surface area contributed by atoms with E-state index in [2.05, 4.69) is 5.32 Å². The molecule has 2 rings (SSSR count). The van der Waals surface area contributed by atoms with E-state index in [-0.39, 0.29) is 29.6 Å². The first-order chi connectivity index (χ1) is 9.97. The summed E-state index contributed by atoms with van der Waals surface area (Å²) in [6, 6.07) is 5.73. The number of nitrogens with one attached hydrogen (secondary N) is 1. The highest BCUT2D eigenvalue weighted by Crippen LogP contribution is 2.15. The van der Waals surface area contributed by atoms with Crippen LogP contribution in [0.25, 0.3) is 0 Å². The number of piperidine rings is 1. The summed E-state index contributed by atoms with van der Waals surface area (Å²) in [5.41, 5.74) is 0.501. The van der Waals surface area contributed by atoms with Gasteiger partial charge in [0.25, 0.3) is 5.91 Å². The van der Waals surface area contributed by atoms with Gasteiger partial charge >= 0.3 is 0 Å². The molecule has 0 spiro atoms. The molecule has 1 aromatic rings. The summed E-state index contributed by atoms with van der Waals surface area (Å²) in [5, 5.41) is 3.00. The first-order valence-electron chi connectivity index (χ1n) is 7.32. The molecule has 0 aromatic heterocycles. The summed E-state index contributed by atoms with van der Waals surface area (Å²) in [4.78, 5) is 25.7.